The Hall–Kier alpha value is -0.100. The second-order valence-corrected chi connectivity index (χ2v) is 6.70. The molecule has 0 heterocycles. The van der Waals surface area contributed by atoms with E-state index in [1.54, 1.807) is 0 Å². The fourth-order valence-electron chi connectivity index (χ4n) is 1.93. The van der Waals surface area contributed by atoms with Crippen molar-refractivity contribution < 1.29 is 4.79 Å². The number of benzene rings is 1. The van der Waals surface area contributed by atoms with Crippen molar-refractivity contribution in [2.24, 2.45) is 5.92 Å². The van der Waals surface area contributed by atoms with E-state index in [0.717, 1.165) is 13.6 Å². The molecule has 1 amide bonds. The molecule has 17 heavy (non-hydrogen) atoms. The maximum Gasteiger partial charge on any atom is 0.254 e. The van der Waals surface area contributed by atoms with Gasteiger partial charge in [-0.2, -0.15) is 0 Å². The van der Waals surface area contributed by atoms with E-state index in [-0.39, 0.29) is 5.91 Å². The van der Waals surface area contributed by atoms with Gasteiger partial charge in [-0.25, -0.2) is 0 Å². The number of hydrogen-bond acceptors (Lipinski definition) is 1. The van der Waals surface area contributed by atoms with E-state index in [9.17, 15) is 4.79 Å². The van der Waals surface area contributed by atoms with Crippen LogP contribution >= 0.6 is 38.5 Å². The van der Waals surface area contributed by atoms with Gasteiger partial charge in [-0.1, -0.05) is 15.9 Å². The maximum atomic E-state index is 12.4. The lowest BCUT2D eigenvalue weighted by atomic mass is 10.1. The minimum absolute atomic E-state index is 0.120. The summed E-state index contributed by atoms with van der Waals surface area (Å²) in [6.07, 6.45) is 2.52. The van der Waals surface area contributed by atoms with Crippen molar-refractivity contribution in [3.8, 4) is 0 Å². The van der Waals surface area contributed by atoms with Crippen LogP contribution in [0.4, 0.5) is 0 Å². The minimum Gasteiger partial charge on any atom is -0.339 e. The van der Waals surface area contributed by atoms with Crippen molar-refractivity contribution >= 4 is 44.4 Å². The van der Waals surface area contributed by atoms with Crippen LogP contribution in [0.15, 0.2) is 22.7 Å². The molecule has 1 aliphatic rings. The highest BCUT2D eigenvalue weighted by atomic mass is 127. The zero-order chi connectivity index (χ0) is 12.6. The van der Waals surface area contributed by atoms with Gasteiger partial charge in [-0.05, 0) is 66.5 Å². The van der Waals surface area contributed by atoms with Gasteiger partial charge in [0.2, 0.25) is 0 Å². The smallest absolute Gasteiger partial charge is 0.254 e. The molecule has 0 aliphatic heterocycles. The molecular weight excluding hydrogens is 393 g/mol. The summed E-state index contributed by atoms with van der Waals surface area (Å²) < 4.78 is 1.96. The Bertz CT molecular complexity index is 445. The normalized spacial score (nSPS) is 16.7. The highest BCUT2D eigenvalue weighted by Crippen LogP contribution is 2.35. The third kappa shape index (κ3) is 3.02. The van der Waals surface area contributed by atoms with Gasteiger partial charge in [0.15, 0.2) is 0 Å². The molecule has 4 heteroatoms. The third-order valence-electron chi connectivity index (χ3n) is 3.39. The molecule has 0 aromatic heterocycles. The molecule has 1 atom stereocenters. The zero-order valence-corrected chi connectivity index (χ0v) is 13.7. The first-order valence-electron chi connectivity index (χ1n) is 5.73. The number of rotatable bonds is 3. The average molecular weight is 408 g/mol. The van der Waals surface area contributed by atoms with Crippen LogP contribution in [0.25, 0.3) is 0 Å². The monoisotopic (exact) mass is 407 g/mol. The number of nitrogens with zero attached hydrogens (tertiary/aromatic N) is 1. The van der Waals surface area contributed by atoms with Crippen LogP contribution in [-0.2, 0) is 0 Å². The van der Waals surface area contributed by atoms with E-state index in [4.69, 9.17) is 0 Å². The van der Waals surface area contributed by atoms with Crippen LogP contribution in [0.3, 0.4) is 0 Å². The van der Waals surface area contributed by atoms with Crippen molar-refractivity contribution in [3.05, 3.63) is 31.8 Å². The van der Waals surface area contributed by atoms with Gasteiger partial charge in [0.05, 0.1) is 5.56 Å². The summed E-state index contributed by atoms with van der Waals surface area (Å²) >= 11 is 5.63. The van der Waals surface area contributed by atoms with Crippen LogP contribution in [0.1, 0.15) is 30.1 Å². The van der Waals surface area contributed by atoms with Gasteiger partial charge in [0, 0.05) is 21.1 Å². The second kappa shape index (κ2) is 5.26. The standard InChI is InChI=1S/C13H15BrINO/c1-8(9-3-4-9)16(2)13(17)11-7-10(14)5-6-12(11)15/h5-9H,3-4H2,1-2H3. The molecule has 1 saturated carbocycles. The van der Waals surface area contributed by atoms with Crippen molar-refractivity contribution in [1.29, 1.82) is 0 Å². The zero-order valence-electron chi connectivity index (χ0n) is 9.91. The van der Waals surface area contributed by atoms with Crippen molar-refractivity contribution in [3.63, 3.8) is 0 Å². The number of carbonyl (C=O) groups excluding carboxylic acids is 1. The molecule has 1 aliphatic carbocycles. The SMILES string of the molecule is CC(C1CC1)N(C)C(=O)c1cc(Br)ccc1I. The fraction of sp³-hybridized carbons (Fsp3) is 0.462. The molecule has 2 rings (SSSR count). The van der Waals surface area contributed by atoms with Crippen molar-refractivity contribution in [1.82, 2.24) is 4.90 Å². The highest BCUT2D eigenvalue weighted by molar-refractivity contribution is 14.1. The summed E-state index contributed by atoms with van der Waals surface area (Å²) in [6.45, 7) is 2.14. The van der Waals surface area contributed by atoms with Gasteiger partial charge in [-0.3, -0.25) is 4.79 Å². The quantitative estimate of drug-likeness (QED) is 0.695. The Morgan fingerprint density at radius 2 is 2.18 bits per heavy atom. The first kappa shape index (κ1) is 13.3. The van der Waals surface area contributed by atoms with E-state index in [1.807, 2.05) is 30.1 Å². The minimum atomic E-state index is 0.120. The number of hydrogen-bond donors (Lipinski definition) is 0. The van der Waals surface area contributed by atoms with Crippen LogP contribution < -0.4 is 0 Å². The lowest BCUT2D eigenvalue weighted by Gasteiger charge is -2.25. The van der Waals surface area contributed by atoms with Crippen molar-refractivity contribution in [2.45, 2.75) is 25.8 Å². The summed E-state index contributed by atoms with van der Waals surface area (Å²) in [5.74, 6) is 0.823. The van der Waals surface area contributed by atoms with Gasteiger partial charge in [0.25, 0.3) is 5.91 Å². The summed E-state index contributed by atoms with van der Waals surface area (Å²) in [6, 6.07) is 6.17. The number of halogens is 2. The largest absolute Gasteiger partial charge is 0.339 e. The van der Waals surface area contributed by atoms with Gasteiger partial charge >= 0.3 is 0 Å². The summed E-state index contributed by atoms with van der Waals surface area (Å²) in [5.41, 5.74) is 0.787. The molecule has 0 saturated heterocycles. The molecule has 0 spiro atoms. The molecule has 1 fully saturated rings. The molecule has 0 bridgehead atoms. The Kier molecular flexibility index (Phi) is 4.13. The highest BCUT2D eigenvalue weighted by Gasteiger charge is 2.33. The number of amides is 1. The molecule has 1 aromatic carbocycles. The Morgan fingerprint density at radius 3 is 2.76 bits per heavy atom. The van der Waals surface area contributed by atoms with E-state index in [2.05, 4.69) is 45.4 Å². The first-order chi connectivity index (χ1) is 8.00. The lowest BCUT2D eigenvalue weighted by Crippen LogP contribution is -2.36. The van der Waals surface area contributed by atoms with E-state index >= 15 is 0 Å². The van der Waals surface area contributed by atoms with E-state index in [1.165, 1.54) is 12.8 Å². The Morgan fingerprint density at radius 1 is 1.53 bits per heavy atom. The van der Waals surface area contributed by atoms with E-state index in [0.29, 0.717) is 12.0 Å². The molecule has 0 N–H and O–H groups in total. The topological polar surface area (TPSA) is 20.3 Å². The fourth-order valence-corrected chi connectivity index (χ4v) is 2.86. The Labute approximate surface area is 124 Å². The molecular formula is C13H15BrINO. The first-order valence-corrected chi connectivity index (χ1v) is 7.60. The van der Waals surface area contributed by atoms with Crippen LogP contribution in [0.2, 0.25) is 0 Å². The van der Waals surface area contributed by atoms with Gasteiger partial charge in [-0.15, -0.1) is 0 Å². The van der Waals surface area contributed by atoms with E-state index < -0.39 is 0 Å². The summed E-state index contributed by atoms with van der Waals surface area (Å²) in [7, 11) is 1.91. The summed E-state index contributed by atoms with van der Waals surface area (Å²) in [4.78, 5) is 14.3. The maximum absolute atomic E-state index is 12.4. The summed E-state index contributed by atoms with van der Waals surface area (Å²) in [5, 5.41) is 0. The van der Waals surface area contributed by atoms with Crippen LogP contribution in [0, 0.1) is 9.49 Å². The molecule has 92 valence electrons. The predicted molar refractivity (Wildman–Crippen MR) is 81.1 cm³/mol. The molecule has 2 nitrogen and oxygen atoms in total. The molecule has 1 aromatic rings. The van der Waals surface area contributed by atoms with Crippen LogP contribution in [0.5, 0.6) is 0 Å². The lowest BCUT2D eigenvalue weighted by molar-refractivity contribution is 0.0726. The third-order valence-corrected chi connectivity index (χ3v) is 4.83. The molecule has 0 radical (unpaired) electrons. The predicted octanol–water partition coefficient (Wildman–Crippen LogP) is 3.92. The average Bonchev–Trinajstić information content (AvgIpc) is 3.13. The van der Waals surface area contributed by atoms with Crippen LogP contribution in [-0.4, -0.2) is 23.9 Å². The number of carbonyl (C=O) groups is 1. The second-order valence-electron chi connectivity index (χ2n) is 4.62. The van der Waals surface area contributed by atoms with Gasteiger partial charge in [0.1, 0.15) is 0 Å². The Balaban J connectivity index is 2.20. The van der Waals surface area contributed by atoms with Gasteiger partial charge < -0.3 is 4.90 Å². The molecule has 1 unspecified atom stereocenters. The van der Waals surface area contributed by atoms with Crippen molar-refractivity contribution in [2.75, 3.05) is 7.05 Å².